The summed E-state index contributed by atoms with van der Waals surface area (Å²) < 4.78 is 5.52. The van der Waals surface area contributed by atoms with Gasteiger partial charge in [0.25, 0.3) is 0 Å². The van der Waals surface area contributed by atoms with Gasteiger partial charge in [-0.05, 0) is 49.3 Å². The summed E-state index contributed by atoms with van der Waals surface area (Å²) in [6.07, 6.45) is 5.75. The minimum absolute atomic E-state index is 0.0171. The second-order valence-electron chi connectivity index (χ2n) is 8.55. The summed E-state index contributed by atoms with van der Waals surface area (Å²) in [5, 5.41) is 17.1. The van der Waals surface area contributed by atoms with Crippen LogP contribution in [0.2, 0.25) is 0 Å². The maximum absolute atomic E-state index is 11.6. The number of aliphatic carboxylic acids is 1. The van der Waals surface area contributed by atoms with E-state index < -0.39 is 11.4 Å². The Balaban J connectivity index is 1.39. The van der Waals surface area contributed by atoms with Crippen molar-refractivity contribution in [2.75, 3.05) is 11.9 Å². The molecule has 0 spiro atoms. The second-order valence-corrected chi connectivity index (χ2v) is 8.55. The van der Waals surface area contributed by atoms with Crippen molar-refractivity contribution in [2.24, 2.45) is 0 Å². The summed E-state index contributed by atoms with van der Waals surface area (Å²) in [5.74, 6) is 1.33. The van der Waals surface area contributed by atoms with Gasteiger partial charge >= 0.3 is 5.97 Å². The van der Waals surface area contributed by atoms with Crippen molar-refractivity contribution >= 4 is 11.8 Å². The Hall–Kier alpha value is -3.22. The van der Waals surface area contributed by atoms with Crippen molar-refractivity contribution in [1.82, 2.24) is 15.1 Å². The lowest BCUT2D eigenvalue weighted by Gasteiger charge is -2.30. The maximum atomic E-state index is 11.6. The van der Waals surface area contributed by atoms with Crippen molar-refractivity contribution < 1.29 is 14.4 Å². The van der Waals surface area contributed by atoms with Gasteiger partial charge in [-0.25, -0.2) is 4.98 Å². The number of carboxylic acid groups (broad SMARTS) is 1. The van der Waals surface area contributed by atoms with Crippen molar-refractivity contribution in [3.05, 3.63) is 71.0 Å². The number of anilines is 1. The number of nitrogens with zero attached hydrogens (tertiary/aromatic N) is 3. The van der Waals surface area contributed by atoms with Gasteiger partial charge in [-0.3, -0.25) is 4.79 Å². The van der Waals surface area contributed by atoms with Crippen LogP contribution in [0.25, 0.3) is 0 Å². The molecule has 0 bridgehead atoms. The van der Waals surface area contributed by atoms with Gasteiger partial charge in [0.05, 0.1) is 6.42 Å². The predicted molar refractivity (Wildman–Crippen MR) is 122 cm³/mol. The van der Waals surface area contributed by atoms with E-state index in [4.69, 9.17) is 9.51 Å². The molecule has 7 heteroatoms. The number of carboxylic acids is 1. The van der Waals surface area contributed by atoms with E-state index in [-0.39, 0.29) is 6.42 Å². The fourth-order valence-electron chi connectivity index (χ4n) is 4.49. The van der Waals surface area contributed by atoms with E-state index in [2.05, 4.69) is 27.6 Å². The Morgan fingerprint density at radius 3 is 2.78 bits per heavy atom. The third-order valence-corrected chi connectivity index (χ3v) is 6.34. The lowest BCUT2D eigenvalue weighted by molar-refractivity contribution is -0.138. The summed E-state index contributed by atoms with van der Waals surface area (Å²) >= 11 is 0. The van der Waals surface area contributed by atoms with Crippen LogP contribution in [0.3, 0.4) is 0 Å². The first kappa shape index (κ1) is 22.0. The molecule has 32 heavy (non-hydrogen) atoms. The van der Waals surface area contributed by atoms with E-state index in [1.54, 1.807) is 0 Å². The molecule has 0 radical (unpaired) electrons. The maximum Gasteiger partial charge on any atom is 0.304 e. The van der Waals surface area contributed by atoms with E-state index in [0.29, 0.717) is 31.0 Å². The first-order valence-electron chi connectivity index (χ1n) is 11.4. The molecule has 2 N–H and O–H groups in total. The Bertz CT molecular complexity index is 1050. The van der Waals surface area contributed by atoms with Crippen molar-refractivity contribution in [1.29, 1.82) is 0 Å². The van der Waals surface area contributed by atoms with Crippen LogP contribution in [0.15, 0.2) is 47.0 Å². The molecule has 0 amide bonds. The molecular weight excluding hydrogens is 404 g/mol. The van der Waals surface area contributed by atoms with E-state index >= 15 is 0 Å². The number of rotatable bonds is 10. The molecule has 1 aliphatic rings. The lowest BCUT2D eigenvalue weighted by Crippen LogP contribution is -2.31. The lowest BCUT2D eigenvalue weighted by atomic mass is 9.73. The number of aromatic nitrogens is 3. The Morgan fingerprint density at radius 2 is 2.00 bits per heavy atom. The first-order valence-corrected chi connectivity index (χ1v) is 11.4. The van der Waals surface area contributed by atoms with Gasteiger partial charge in [0.1, 0.15) is 5.82 Å². The minimum atomic E-state index is -0.831. The van der Waals surface area contributed by atoms with E-state index in [1.165, 1.54) is 5.56 Å². The second kappa shape index (κ2) is 9.94. The average molecular weight is 435 g/mol. The number of aryl methyl sites for hydroxylation is 3. The van der Waals surface area contributed by atoms with Gasteiger partial charge in [-0.15, -0.1) is 0 Å². The highest BCUT2D eigenvalue weighted by Crippen LogP contribution is 2.35. The van der Waals surface area contributed by atoms with Gasteiger partial charge in [-0.2, -0.15) is 4.98 Å². The average Bonchev–Trinajstić information content (AvgIpc) is 3.25. The highest BCUT2D eigenvalue weighted by atomic mass is 16.5. The van der Waals surface area contributed by atoms with Gasteiger partial charge in [0.15, 0.2) is 5.82 Å². The molecule has 0 aliphatic carbocycles. The Kier molecular flexibility index (Phi) is 6.83. The smallest absolute Gasteiger partial charge is 0.304 e. The molecule has 4 rings (SSSR count). The van der Waals surface area contributed by atoms with Crippen LogP contribution >= 0.6 is 0 Å². The summed E-state index contributed by atoms with van der Waals surface area (Å²) in [4.78, 5) is 20.9. The number of carbonyl (C=O) groups is 1. The quantitative estimate of drug-likeness (QED) is 0.489. The third kappa shape index (κ3) is 5.15. The van der Waals surface area contributed by atoms with Gasteiger partial charge in [0.2, 0.25) is 5.89 Å². The Morgan fingerprint density at radius 1 is 1.16 bits per heavy atom. The van der Waals surface area contributed by atoms with Gasteiger partial charge in [-0.1, -0.05) is 48.5 Å². The fourth-order valence-corrected chi connectivity index (χ4v) is 4.49. The monoisotopic (exact) mass is 434 g/mol. The van der Waals surface area contributed by atoms with E-state index in [1.807, 2.05) is 37.3 Å². The van der Waals surface area contributed by atoms with Crippen molar-refractivity contribution in [2.45, 2.75) is 63.7 Å². The number of pyridine rings is 1. The number of benzene rings is 1. The van der Waals surface area contributed by atoms with Crippen LogP contribution in [0, 0.1) is 0 Å². The zero-order valence-corrected chi connectivity index (χ0v) is 18.5. The first-order chi connectivity index (χ1) is 15.6. The van der Waals surface area contributed by atoms with Crippen LogP contribution in [0.5, 0.6) is 0 Å². The highest BCUT2D eigenvalue weighted by Gasteiger charge is 2.35. The molecular formula is C25H30N4O3. The van der Waals surface area contributed by atoms with Gasteiger partial charge in [0, 0.05) is 30.5 Å². The SMILES string of the molecule is CCC(CC(=O)O)(Cc1nc(CCCc2ccc3c(n2)NCCC3)no1)c1ccccc1. The zero-order chi connectivity index (χ0) is 22.4. The van der Waals surface area contributed by atoms with Crippen molar-refractivity contribution in [3.63, 3.8) is 0 Å². The molecule has 1 unspecified atom stereocenters. The third-order valence-electron chi connectivity index (χ3n) is 6.34. The molecule has 168 valence electrons. The highest BCUT2D eigenvalue weighted by molar-refractivity contribution is 5.69. The summed E-state index contributed by atoms with van der Waals surface area (Å²) in [6.45, 7) is 2.99. The molecule has 3 aromatic rings. The number of hydrogen-bond donors (Lipinski definition) is 2. The van der Waals surface area contributed by atoms with E-state index in [9.17, 15) is 9.90 Å². The van der Waals surface area contributed by atoms with Crippen LogP contribution in [0.1, 0.15) is 61.1 Å². The van der Waals surface area contributed by atoms with Crippen LogP contribution < -0.4 is 5.32 Å². The molecule has 1 atom stereocenters. The van der Waals surface area contributed by atoms with Crippen LogP contribution in [-0.2, 0) is 35.9 Å². The number of fused-ring (bicyclic) bond motifs is 1. The molecule has 7 nitrogen and oxygen atoms in total. The molecule has 0 saturated carbocycles. The van der Waals surface area contributed by atoms with E-state index in [0.717, 1.165) is 49.3 Å². The molecule has 0 saturated heterocycles. The Labute approximate surface area is 188 Å². The molecule has 0 fully saturated rings. The predicted octanol–water partition coefficient (Wildman–Crippen LogP) is 4.36. The molecule has 1 aromatic carbocycles. The van der Waals surface area contributed by atoms with Crippen LogP contribution in [-0.4, -0.2) is 32.7 Å². The van der Waals surface area contributed by atoms with Crippen molar-refractivity contribution in [3.8, 4) is 0 Å². The largest absolute Gasteiger partial charge is 0.481 e. The summed E-state index contributed by atoms with van der Waals surface area (Å²) in [5.41, 5.74) is 2.77. The summed E-state index contributed by atoms with van der Waals surface area (Å²) in [7, 11) is 0. The number of hydrogen-bond acceptors (Lipinski definition) is 6. The molecule has 2 aromatic heterocycles. The normalized spacial score (nSPS) is 14.9. The standard InChI is InChI=1S/C25H30N4O3/c1-2-25(17-23(30)31,19-9-4-3-5-10-19)16-22-28-21(29-32-22)12-6-11-20-14-13-18-8-7-15-26-24(18)27-20/h3-5,9-10,13-14H,2,6-8,11-12,15-17H2,1H3,(H,26,27)(H,30,31). The fraction of sp³-hybridized carbons (Fsp3) is 0.440. The summed E-state index contributed by atoms with van der Waals surface area (Å²) in [6, 6.07) is 14.0. The number of nitrogens with one attached hydrogen (secondary N) is 1. The molecule has 1 aliphatic heterocycles. The zero-order valence-electron chi connectivity index (χ0n) is 18.5. The van der Waals surface area contributed by atoms with Gasteiger partial charge < -0.3 is 14.9 Å². The van der Waals surface area contributed by atoms with Crippen LogP contribution in [0.4, 0.5) is 5.82 Å². The topological polar surface area (TPSA) is 101 Å². The molecule has 3 heterocycles. The minimum Gasteiger partial charge on any atom is -0.481 e.